The molecule has 0 spiro atoms. The summed E-state index contributed by atoms with van der Waals surface area (Å²) in [4.78, 5) is 0. The lowest BCUT2D eigenvalue weighted by Crippen LogP contribution is -1.31. The van der Waals surface area contributed by atoms with Gasteiger partial charge in [-0.05, 0) is 0 Å². The monoisotopic (exact) mass is 72.0 g/mol. The van der Waals surface area contributed by atoms with Crippen molar-refractivity contribution in [2.24, 2.45) is 0 Å². The molecule has 1 heterocycles. The van der Waals surface area contributed by atoms with E-state index in [1.165, 1.54) is 0 Å². The van der Waals surface area contributed by atoms with E-state index in [2.05, 4.69) is 11.0 Å². The molecule has 0 aromatic rings. The summed E-state index contributed by atoms with van der Waals surface area (Å²) < 4.78 is 4.65. The highest BCUT2D eigenvalue weighted by Crippen LogP contribution is 2.03. The van der Waals surface area contributed by atoms with E-state index in [-0.39, 0.29) is 9.76 Å². The topological polar surface area (TPSA) is 12.5 Å². The van der Waals surface area contributed by atoms with Crippen molar-refractivity contribution in [3.05, 3.63) is 12.0 Å². The zero-order chi connectivity index (χ0) is 2.99. The molecule has 22 valence electrons. The second kappa shape index (κ2) is 0.376. The van der Waals surface area contributed by atoms with Crippen LogP contribution in [0.15, 0.2) is 12.0 Å². The summed E-state index contributed by atoms with van der Waals surface area (Å²) >= 11 is 0. The number of rotatable bonds is 0. The summed E-state index contributed by atoms with van der Waals surface area (Å²) in [7, 11) is -0.103. The molecule has 0 unspecified atom stereocenters. The van der Waals surface area contributed by atoms with Gasteiger partial charge < -0.3 is 4.43 Å². The van der Waals surface area contributed by atoms with E-state index in [0.29, 0.717) is 0 Å². The molecule has 0 bridgehead atoms. The standard InChI is InChI=1S/C2H4OSi/c1-2-3-4-2/h1,4H2. The van der Waals surface area contributed by atoms with Crippen LogP contribution in [-0.2, 0) is 4.43 Å². The molecule has 0 N–H and O–H groups in total. The van der Waals surface area contributed by atoms with Gasteiger partial charge in [-0.3, -0.25) is 0 Å². The third-order valence-electron chi connectivity index (χ3n) is 0.348. The summed E-state index contributed by atoms with van der Waals surface area (Å²) in [6.45, 7) is 3.51. The lowest BCUT2D eigenvalue weighted by molar-refractivity contribution is 0.632. The maximum Gasteiger partial charge on any atom is 0.285 e. The van der Waals surface area contributed by atoms with Crippen LogP contribution in [0.4, 0.5) is 0 Å². The van der Waals surface area contributed by atoms with Crippen molar-refractivity contribution in [2.75, 3.05) is 0 Å². The van der Waals surface area contributed by atoms with Gasteiger partial charge in [0.15, 0.2) is 0 Å². The summed E-state index contributed by atoms with van der Waals surface area (Å²) in [6.07, 6.45) is 0. The Kier molecular flexibility index (Phi) is 0.190. The van der Waals surface area contributed by atoms with Gasteiger partial charge in [-0.1, -0.05) is 6.58 Å². The molecular weight excluding hydrogens is 68.1 g/mol. The molecule has 0 radical (unpaired) electrons. The molecule has 0 aromatic carbocycles. The third-order valence-corrected chi connectivity index (χ3v) is 1.05. The summed E-state index contributed by atoms with van der Waals surface area (Å²) in [6, 6.07) is 0. The largest absolute Gasteiger partial charge is 0.546 e. The Balaban J connectivity index is 2.60. The van der Waals surface area contributed by atoms with Crippen LogP contribution < -0.4 is 0 Å². The van der Waals surface area contributed by atoms with Gasteiger partial charge >= 0.3 is 0 Å². The fourth-order valence-corrected chi connectivity index (χ4v) is 0.153. The van der Waals surface area contributed by atoms with E-state index in [0.717, 1.165) is 5.38 Å². The van der Waals surface area contributed by atoms with E-state index in [1.807, 2.05) is 0 Å². The van der Waals surface area contributed by atoms with Crippen molar-refractivity contribution in [1.82, 2.24) is 0 Å². The quantitative estimate of drug-likeness (QED) is 0.279. The van der Waals surface area contributed by atoms with E-state index < -0.39 is 0 Å². The van der Waals surface area contributed by atoms with Crippen molar-refractivity contribution in [1.29, 1.82) is 0 Å². The van der Waals surface area contributed by atoms with Crippen molar-refractivity contribution in [3.8, 4) is 0 Å². The summed E-state index contributed by atoms with van der Waals surface area (Å²) in [5.74, 6) is 0. The average molecular weight is 72.1 g/mol. The molecule has 1 rings (SSSR count). The Morgan fingerprint density at radius 2 is 2.25 bits per heavy atom. The molecule has 1 aliphatic heterocycles. The van der Waals surface area contributed by atoms with Crippen LogP contribution in [0, 0.1) is 0 Å². The number of hydrogen-bond donors (Lipinski definition) is 0. The van der Waals surface area contributed by atoms with Gasteiger partial charge in [0, 0.05) is 0 Å². The molecule has 0 amide bonds. The Morgan fingerprint density at radius 1 is 2.00 bits per heavy atom. The van der Waals surface area contributed by atoms with Crippen molar-refractivity contribution in [3.63, 3.8) is 0 Å². The summed E-state index contributed by atoms with van der Waals surface area (Å²) in [5.41, 5.74) is 0. The Morgan fingerprint density at radius 3 is 2.25 bits per heavy atom. The molecule has 1 fully saturated rings. The van der Waals surface area contributed by atoms with Gasteiger partial charge in [-0.2, -0.15) is 0 Å². The van der Waals surface area contributed by atoms with E-state index >= 15 is 0 Å². The van der Waals surface area contributed by atoms with Gasteiger partial charge in [0.05, 0.1) is 5.38 Å². The Labute approximate surface area is 27.2 Å². The SMILES string of the molecule is C=C1O[SiH2]1. The van der Waals surface area contributed by atoms with Gasteiger partial charge in [0.1, 0.15) is 0 Å². The Bertz CT molecular complexity index is 44.0. The summed E-state index contributed by atoms with van der Waals surface area (Å²) in [5, 5.41) is 1.06. The van der Waals surface area contributed by atoms with Gasteiger partial charge in [0.25, 0.3) is 9.76 Å². The van der Waals surface area contributed by atoms with Gasteiger partial charge in [-0.15, -0.1) is 0 Å². The molecule has 1 nitrogen and oxygen atoms in total. The molecule has 1 aliphatic rings. The zero-order valence-electron chi connectivity index (χ0n) is 2.32. The predicted octanol–water partition coefficient (Wildman–Crippen LogP) is -0.428. The second-order valence-electron chi connectivity index (χ2n) is 0.827. The van der Waals surface area contributed by atoms with Crippen molar-refractivity contribution < 1.29 is 4.43 Å². The smallest absolute Gasteiger partial charge is 0.285 e. The predicted molar refractivity (Wildman–Crippen MR) is 18.8 cm³/mol. The fraction of sp³-hybridized carbons (Fsp3) is 0. The highest BCUT2D eigenvalue weighted by molar-refractivity contribution is 6.48. The molecule has 0 aromatic heterocycles. The minimum atomic E-state index is -0.103. The van der Waals surface area contributed by atoms with Crippen molar-refractivity contribution in [2.45, 2.75) is 0 Å². The molecule has 2 heteroatoms. The first kappa shape index (κ1) is 2.02. The maximum absolute atomic E-state index is 4.65. The van der Waals surface area contributed by atoms with Crippen LogP contribution in [0.1, 0.15) is 0 Å². The van der Waals surface area contributed by atoms with Crippen LogP contribution in [0.3, 0.4) is 0 Å². The Hall–Kier alpha value is -0.243. The highest BCUT2D eigenvalue weighted by Gasteiger charge is 2.07. The lowest BCUT2D eigenvalue weighted by Gasteiger charge is -1.43. The lowest BCUT2D eigenvalue weighted by atomic mass is 11.2. The molecular formula is C2H4OSi. The first-order valence-electron chi connectivity index (χ1n) is 1.20. The van der Waals surface area contributed by atoms with E-state index in [9.17, 15) is 0 Å². The van der Waals surface area contributed by atoms with E-state index in [4.69, 9.17) is 0 Å². The van der Waals surface area contributed by atoms with Gasteiger partial charge in [0.2, 0.25) is 0 Å². The normalized spacial score (nSPS) is 25.5. The van der Waals surface area contributed by atoms with Crippen LogP contribution in [0.25, 0.3) is 0 Å². The minimum Gasteiger partial charge on any atom is -0.546 e. The van der Waals surface area contributed by atoms with Crippen LogP contribution in [0.5, 0.6) is 0 Å². The van der Waals surface area contributed by atoms with Crippen LogP contribution in [0.2, 0.25) is 0 Å². The maximum atomic E-state index is 4.65. The minimum absolute atomic E-state index is 0.103. The highest BCUT2D eigenvalue weighted by atomic mass is 28.2. The first-order valence-corrected chi connectivity index (χ1v) is 2.48. The molecule has 1 saturated heterocycles. The molecule has 0 atom stereocenters. The number of hydrogen-bond acceptors (Lipinski definition) is 1. The van der Waals surface area contributed by atoms with Gasteiger partial charge in [-0.25, -0.2) is 0 Å². The average Bonchev–Trinajstić information content (AvgIpc) is 1.75. The van der Waals surface area contributed by atoms with E-state index in [1.54, 1.807) is 0 Å². The molecule has 4 heavy (non-hydrogen) atoms. The molecule has 0 saturated carbocycles. The fourth-order valence-electron chi connectivity index (χ4n) is 0.0510. The zero-order valence-corrected chi connectivity index (χ0v) is 3.74. The van der Waals surface area contributed by atoms with Crippen LogP contribution in [-0.4, -0.2) is 9.76 Å². The first-order chi connectivity index (χ1) is 1.89. The van der Waals surface area contributed by atoms with Crippen LogP contribution >= 0.6 is 0 Å². The molecule has 0 aliphatic carbocycles. The third kappa shape index (κ3) is 0.132. The van der Waals surface area contributed by atoms with Crippen molar-refractivity contribution >= 4 is 9.76 Å². The second-order valence-corrected chi connectivity index (χ2v) is 2.19.